The number of hydrogen-bond acceptors (Lipinski definition) is 4. The maximum atomic E-state index is 11.5. The number of benzene rings is 1. The van der Waals surface area contributed by atoms with E-state index >= 15 is 0 Å². The average Bonchev–Trinajstić information content (AvgIpc) is 2.38. The van der Waals surface area contributed by atoms with Crippen LogP contribution in [0.3, 0.4) is 0 Å². The predicted octanol–water partition coefficient (Wildman–Crippen LogP) is 0.258. The minimum absolute atomic E-state index is 0.0139. The number of primary amides is 1. The number of carbonyl (C=O) groups is 1. The normalized spacial score (nSPS) is 19.9. The molecule has 1 fully saturated rings. The van der Waals surface area contributed by atoms with Crippen LogP contribution in [0.4, 0.5) is 5.69 Å². The van der Waals surface area contributed by atoms with Crippen LogP contribution in [-0.4, -0.2) is 38.3 Å². The van der Waals surface area contributed by atoms with Crippen LogP contribution in [0.25, 0.3) is 0 Å². The molecule has 4 N–H and O–H groups in total. The molecule has 0 saturated carbocycles. The summed E-state index contributed by atoms with van der Waals surface area (Å²) in [6.45, 7) is 4.54. The summed E-state index contributed by atoms with van der Waals surface area (Å²) in [7, 11) is 0. The first-order valence-corrected chi connectivity index (χ1v) is 6.09. The molecule has 5 nitrogen and oxygen atoms in total. The Morgan fingerprint density at radius 2 is 2.33 bits per heavy atom. The summed E-state index contributed by atoms with van der Waals surface area (Å²) in [4.78, 5) is 13.6. The van der Waals surface area contributed by atoms with E-state index in [0.29, 0.717) is 25.3 Å². The van der Waals surface area contributed by atoms with Crippen molar-refractivity contribution in [3.05, 3.63) is 29.3 Å². The first-order chi connectivity index (χ1) is 8.61. The molecule has 1 heterocycles. The molecule has 98 valence electrons. The number of morpholine rings is 1. The summed E-state index contributed by atoms with van der Waals surface area (Å²) in [5, 5.41) is 0. The Kier molecular flexibility index (Phi) is 3.84. The smallest absolute Gasteiger partial charge is 0.250 e. The zero-order chi connectivity index (χ0) is 13.1. The van der Waals surface area contributed by atoms with Gasteiger partial charge in [-0.15, -0.1) is 0 Å². The largest absolute Gasteiger partial charge is 0.373 e. The Morgan fingerprint density at radius 1 is 1.56 bits per heavy atom. The molecule has 1 amide bonds. The lowest BCUT2D eigenvalue weighted by Gasteiger charge is -2.35. The standard InChI is InChI=1S/C13H19N3O2/c1-9-2-3-11(13(15)17)12(6-9)16-4-5-18-10(7-14)8-16/h2-3,6,10H,4-5,7-8,14H2,1H3,(H2,15,17). The molecule has 0 aliphatic carbocycles. The van der Waals surface area contributed by atoms with Crippen LogP contribution in [0.2, 0.25) is 0 Å². The molecular weight excluding hydrogens is 230 g/mol. The van der Waals surface area contributed by atoms with E-state index in [1.165, 1.54) is 0 Å². The number of anilines is 1. The minimum Gasteiger partial charge on any atom is -0.373 e. The summed E-state index contributed by atoms with van der Waals surface area (Å²) >= 11 is 0. The van der Waals surface area contributed by atoms with E-state index in [4.69, 9.17) is 16.2 Å². The maximum absolute atomic E-state index is 11.5. The van der Waals surface area contributed by atoms with Gasteiger partial charge in [0.25, 0.3) is 5.91 Å². The number of nitrogens with zero attached hydrogens (tertiary/aromatic N) is 1. The summed E-state index contributed by atoms with van der Waals surface area (Å²) in [5.74, 6) is -0.402. The van der Waals surface area contributed by atoms with Crippen molar-refractivity contribution >= 4 is 11.6 Å². The molecule has 0 radical (unpaired) electrons. The Labute approximate surface area is 107 Å². The van der Waals surface area contributed by atoms with E-state index in [1.54, 1.807) is 6.07 Å². The van der Waals surface area contributed by atoms with E-state index in [0.717, 1.165) is 17.8 Å². The minimum atomic E-state index is -0.402. The van der Waals surface area contributed by atoms with E-state index in [2.05, 4.69) is 4.90 Å². The quantitative estimate of drug-likeness (QED) is 0.805. The fourth-order valence-electron chi connectivity index (χ4n) is 2.19. The van der Waals surface area contributed by atoms with Gasteiger partial charge in [0.15, 0.2) is 0 Å². The molecule has 1 unspecified atom stereocenters. The number of nitrogens with two attached hydrogens (primary N) is 2. The SMILES string of the molecule is Cc1ccc(C(N)=O)c(N2CCOC(CN)C2)c1. The van der Waals surface area contributed by atoms with Gasteiger partial charge in [0.1, 0.15) is 0 Å². The molecule has 1 saturated heterocycles. The molecule has 5 heteroatoms. The second kappa shape index (κ2) is 5.37. The monoisotopic (exact) mass is 249 g/mol. The van der Waals surface area contributed by atoms with Crippen molar-refractivity contribution in [2.45, 2.75) is 13.0 Å². The van der Waals surface area contributed by atoms with Gasteiger partial charge in [-0.1, -0.05) is 6.07 Å². The van der Waals surface area contributed by atoms with Gasteiger partial charge in [-0.25, -0.2) is 0 Å². The summed E-state index contributed by atoms with van der Waals surface area (Å²) < 4.78 is 5.53. The molecule has 18 heavy (non-hydrogen) atoms. The van der Waals surface area contributed by atoms with Crippen molar-refractivity contribution in [2.24, 2.45) is 11.5 Å². The zero-order valence-corrected chi connectivity index (χ0v) is 10.6. The van der Waals surface area contributed by atoms with Crippen molar-refractivity contribution in [1.82, 2.24) is 0 Å². The Balaban J connectivity index is 2.31. The van der Waals surface area contributed by atoms with Gasteiger partial charge in [0.05, 0.1) is 18.3 Å². The lowest BCUT2D eigenvalue weighted by atomic mass is 10.1. The third-order valence-electron chi connectivity index (χ3n) is 3.16. The van der Waals surface area contributed by atoms with E-state index in [1.807, 2.05) is 19.1 Å². The number of aryl methyl sites for hydroxylation is 1. The van der Waals surface area contributed by atoms with Crippen molar-refractivity contribution < 1.29 is 9.53 Å². The highest BCUT2D eigenvalue weighted by atomic mass is 16.5. The predicted molar refractivity (Wildman–Crippen MR) is 70.7 cm³/mol. The molecule has 0 spiro atoms. The van der Waals surface area contributed by atoms with Crippen molar-refractivity contribution in [2.75, 3.05) is 31.1 Å². The molecular formula is C13H19N3O2. The fraction of sp³-hybridized carbons (Fsp3) is 0.462. The van der Waals surface area contributed by atoms with Crippen LogP contribution in [0.5, 0.6) is 0 Å². The topological polar surface area (TPSA) is 81.6 Å². The van der Waals surface area contributed by atoms with Gasteiger partial charge in [-0.2, -0.15) is 0 Å². The number of hydrogen-bond donors (Lipinski definition) is 2. The molecule has 1 aromatic rings. The average molecular weight is 249 g/mol. The van der Waals surface area contributed by atoms with Crippen molar-refractivity contribution in [3.63, 3.8) is 0 Å². The number of rotatable bonds is 3. The molecule has 2 rings (SSSR count). The Morgan fingerprint density at radius 3 is 3.00 bits per heavy atom. The highest BCUT2D eigenvalue weighted by Gasteiger charge is 2.22. The van der Waals surface area contributed by atoms with Crippen LogP contribution < -0.4 is 16.4 Å². The van der Waals surface area contributed by atoms with Gasteiger partial charge in [0, 0.05) is 25.3 Å². The lowest BCUT2D eigenvalue weighted by molar-refractivity contribution is 0.0465. The maximum Gasteiger partial charge on any atom is 0.250 e. The van der Waals surface area contributed by atoms with Gasteiger partial charge < -0.3 is 21.1 Å². The Hall–Kier alpha value is -1.59. The third-order valence-corrected chi connectivity index (χ3v) is 3.16. The fourth-order valence-corrected chi connectivity index (χ4v) is 2.19. The van der Waals surface area contributed by atoms with E-state index in [-0.39, 0.29) is 6.10 Å². The molecule has 1 aliphatic heterocycles. The molecule has 1 aliphatic rings. The van der Waals surface area contributed by atoms with Gasteiger partial charge >= 0.3 is 0 Å². The number of amides is 1. The third kappa shape index (κ3) is 2.63. The first-order valence-electron chi connectivity index (χ1n) is 6.09. The van der Waals surface area contributed by atoms with Crippen molar-refractivity contribution in [3.8, 4) is 0 Å². The van der Waals surface area contributed by atoms with Gasteiger partial charge in [-0.3, -0.25) is 4.79 Å². The van der Waals surface area contributed by atoms with Crippen LogP contribution in [0, 0.1) is 6.92 Å². The molecule has 1 aromatic carbocycles. The molecule has 1 atom stereocenters. The van der Waals surface area contributed by atoms with E-state index < -0.39 is 5.91 Å². The van der Waals surface area contributed by atoms with Crippen LogP contribution in [0.15, 0.2) is 18.2 Å². The number of carbonyl (C=O) groups excluding carboxylic acids is 1. The molecule has 0 bridgehead atoms. The van der Waals surface area contributed by atoms with Crippen LogP contribution >= 0.6 is 0 Å². The van der Waals surface area contributed by atoms with Crippen LogP contribution in [-0.2, 0) is 4.74 Å². The molecule has 0 aromatic heterocycles. The number of ether oxygens (including phenoxy) is 1. The summed E-state index contributed by atoms with van der Waals surface area (Å²) in [6, 6.07) is 5.66. The summed E-state index contributed by atoms with van der Waals surface area (Å²) in [6.07, 6.45) is 0.0139. The first kappa shape index (κ1) is 12.9. The summed E-state index contributed by atoms with van der Waals surface area (Å²) in [5.41, 5.74) is 13.6. The Bertz CT molecular complexity index is 448. The zero-order valence-electron chi connectivity index (χ0n) is 10.6. The van der Waals surface area contributed by atoms with Gasteiger partial charge in [-0.05, 0) is 24.6 Å². The van der Waals surface area contributed by atoms with Crippen LogP contribution in [0.1, 0.15) is 15.9 Å². The highest BCUT2D eigenvalue weighted by molar-refractivity contribution is 5.98. The van der Waals surface area contributed by atoms with E-state index in [9.17, 15) is 4.79 Å². The van der Waals surface area contributed by atoms with Gasteiger partial charge in [0.2, 0.25) is 0 Å². The van der Waals surface area contributed by atoms with Crippen molar-refractivity contribution in [1.29, 1.82) is 0 Å². The highest BCUT2D eigenvalue weighted by Crippen LogP contribution is 2.24. The lowest BCUT2D eigenvalue weighted by Crippen LogP contribution is -2.46. The second-order valence-electron chi connectivity index (χ2n) is 4.56. The second-order valence-corrected chi connectivity index (χ2v) is 4.56.